The molecule has 0 aromatic heterocycles. The van der Waals surface area contributed by atoms with Crippen molar-refractivity contribution in [3.63, 3.8) is 0 Å². The van der Waals surface area contributed by atoms with E-state index in [1.54, 1.807) is 19.2 Å². The van der Waals surface area contributed by atoms with Crippen LogP contribution >= 0.6 is 0 Å². The molecule has 0 amide bonds. The third-order valence-electron chi connectivity index (χ3n) is 6.26. The van der Waals surface area contributed by atoms with Crippen LogP contribution in [0.5, 0.6) is 5.75 Å². The number of halogens is 2. The van der Waals surface area contributed by atoms with Crippen LogP contribution < -0.4 is 4.84 Å². The predicted octanol–water partition coefficient (Wildman–Crippen LogP) is 6.08. The topological polar surface area (TPSA) is 45.4 Å². The molecular weight excluding hydrogens is 334 g/mol. The van der Waals surface area contributed by atoms with Gasteiger partial charge in [0.25, 0.3) is 0 Å². The minimum Gasteiger partial charge on any atom is -0.354 e. The maximum Gasteiger partial charge on any atom is 0.204 e. The molecule has 2 saturated carbocycles. The molecule has 0 heterocycles. The summed E-state index contributed by atoms with van der Waals surface area (Å²) in [4.78, 5) is 4.86. The Morgan fingerprint density at radius 1 is 0.962 bits per heavy atom. The smallest absolute Gasteiger partial charge is 0.204 e. The van der Waals surface area contributed by atoms with Crippen molar-refractivity contribution in [3.05, 3.63) is 29.3 Å². The van der Waals surface area contributed by atoms with Gasteiger partial charge >= 0.3 is 0 Å². The number of hydrogen-bond donors (Lipinski definition) is 1. The zero-order chi connectivity index (χ0) is 18.5. The fraction of sp³-hybridized carbons (Fsp3) is 0.619. The van der Waals surface area contributed by atoms with E-state index < -0.39 is 11.6 Å². The Bertz CT molecular complexity index is 646. The van der Waals surface area contributed by atoms with E-state index in [-0.39, 0.29) is 11.7 Å². The van der Waals surface area contributed by atoms with Gasteiger partial charge in [-0.15, -0.1) is 0 Å². The first-order valence-electron chi connectivity index (χ1n) is 9.77. The number of benzene rings is 1. The van der Waals surface area contributed by atoms with Crippen LogP contribution in [0.15, 0.2) is 17.3 Å². The summed E-state index contributed by atoms with van der Waals surface area (Å²) < 4.78 is 28.7. The van der Waals surface area contributed by atoms with Gasteiger partial charge in [0.15, 0.2) is 11.6 Å². The first-order valence-corrected chi connectivity index (χ1v) is 9.77. The molecule has 1 aromatic carbocycles. The minimum absolute atomic E-state index is 0.0855. The Balaban J connectivity index is 1.60. The quantitative estimate of drug-likeness (QED) is 0.501. The highest BCUT2D eigenvalue weighted by molar-refractivity contribution is 5.56. The minimum atomic E-state index is -0.944. The Hall–Kier alpha value is -1.78. The Morgan fingerprint density at radius 2 is 1.58 bits per heavy atom. The highest BCUT2D eigenvalue weighted by atomic mass is 19.2. The van der Waals surface area contributed by atoms with Crippen molar-refractivity contribution in [2.24, 2.45) is 22.9 Å². The van der Waals surface area contributed by atoms with Crippen LogP contribution in [-0.4, -0.2) is 12.4 Å². The summed E-state index contributed by atoms with van der Waals surface area (Å²) in [6, 6.07) is 3.13. The molecule has 0 atom stereocenters. The lowest BCUT2D eigenvalue weighted by molar-refractivity contribution is 0.175. The average molecular weight is 362 g/mol. The highest BCUT2D eigenvalue weighted by Crippen LogP contribution is 2.44. The predicted molar refractivity (Wildman–Crippen MR) is 100 cm³/mol. The normalized spacial score (nSPS) is 29.7. The molecule has 0 saturated heterocycles. The molecular formula is C21H28F2N2O. The van der Waals surface area contributed by atoms with Gasteiger partial charge in [0.2, 0.25) is 5.82 Å². The van der Waals surface area contributed by atoms with Gasteiger partial charge in [0.1, 0.15) is 0 Å². The van der Waals surface area contributed by atoms with Crippen molar-refractivity contribution in [1.82, 2.24) is 0 Å². The van der Waals surface area contributed by atoms with Gasteiger partial charge in [-0.1, -0.05) is 11.2 Å². The molecule has 2 fully saturated rings. The van der Waals surface area contributed by atoms with Gasteiger partial charge in [-0.25, -0.2) is 4.39 Å². The first-order chi connectivity index (χ1) is 12.6. The lowest BCUT2D eigenvalue weighted by Gasteiger charge is -2.37. The molecule has 1 N–H and O–H groups in total. The number of rotatable bonds is 5. The molecule has 142 valence electrons. The lowest BCUT2D eigenvalue weighted by atomic mass is 9.68. The van der Waals surface area contributed by atoms with E-state index in [0.717, 1.165) is 44.4 Å². The van der Waals surface area contributed by atoms with E-state index in [4.69, 9.17) is 10.2 Å². The van der Waals surface area contributed by atoms with Crippen molar-refractivity contribution in [3.8, 4) is 5.75 Å². The molecule has 26 heavy (non-hydrogen) atoms. The molecule has 0 aliphatic heterocycles. The van der Waals surface area contributed by atoms with Gasteiger partial charge < -0.3 is 10.2 Å². The summed E-state index contributed by atoms with van der Waals surface area (Å²) in [6.45, 7) is 1.65. The van der Waals surface area contributed by atoms with Crippen molar-refractivity contribution in [1.29, 1.82) is 5.41 Å². The number of oxime groups is 1. The van der Waals surface area contributed by atoms with Gasteiger partial charge in [0.05, 0.1) is 0 Å². The van der Waals surface area contributed by atoms with Gasteiger partial charge in [0, 0.05) is 6.21 Å². The standard InChI is InChI=1S/C21H28F2N2O/c1-2-25-26-19-12-11-18(20(22)21(19)23)17-9-7-16(8-10-17)15-5-3-14(13-24)4-6-15/h2,11-17,24H,3-10H2,1H3. The second-order valence-electron chi connectivity index (χ2n) is 7.69. The van der Waals surface area contributed by atoms with E-state index in [9.17, 15) is 8.78 Å². The van der Waals surface area contributed by atoms with E-state index in [1.807, 2.05) is 0 Å². The molecule has 0 radical (unpaired) electrons. The van der Waals surface area contributed by atoms with Crippen LogP contribution in [-0.2, 0) is 0 Å². The van der Waals surface area contributed by atoms with Crippen molar-refractivity contribution in [2.75, 3.05) is 0 Å². The average Bonchev–Trinajstić information content (AvgIpc) is 2.69. The zero-order valence-corrected chi connectivity index (χ0v) is 15.4. The molecule has 1 aromatic rings. The molecule has 3 rings (SSSR count). The van der Waals surface area contributed by atoms with E-state index >= 15 is 0 Å². The van der Waals surface area contributed by atoms with Crippen LogP contribution in [0.25, 0.3) is 0 Å². The maximum atomic E-state index is 14.5. The Kier molecular flexibility index (Phi) is 6.38. The van der Waals surface area contributed by atoms with Crippen LogP contribution in [0.4, 0.5) is 8.78 Å². The number of hydrogen-bond acceptors (Lipinski definition) is 3. The maximum absolute atomic E-state index is 14.5. The van der Waals surface area contributed by atoms with Crippen molar-refractivity contribution >= 4 is 12.4 Å². The molecule has 0 bridgehead atoms. The Labute approximate surface area is 154 Å². The van der Waals surface area contributed by atoms with Crippen LogP contribution in [0, 0.1) is 34.8 Å². The third-order valence-corrected chi connectivity index (χ3v) is 6.26. The number of nitrogens with one attached hydrogen (secondary N) is 1. The van der Waals surface area contributed by atoms with E-state index in [2.05, 4.69) is 5.16 Å². The SMILES string of the molecule is CC=NOc1ccc(C2CCC(C3CCC(C=N)CC3)CC2)c(F)c1F. The van der Waals surface area contributed by atoms with Gasteiger partial charge in [-0.05, 0) is 99.8 Å². The van der Waals surface area contributed by atoms with Crippen molar-refractivity contribution < 1.29 is 13.6 Å². The molecule has 0 unspecified atom stereocenters. The van der Waals surface area contributed by atoms with Crippen LogP contribution in [0.3, 0.4) is 0 Å². The second kappa shape index (κ2) is 8.74. The van der Waals surface area contributed by atoms with Crippen molar-refractivity contribution in [2.45, 2.75) is 64.2 Å². The third kappa shape index (κ3) is 4.13. The molecule has 2 aliphatic rings. The van der Waals surface area contributed by atoms with E-state index in [0.29, 0.717) is 17.4 Å². The zero-order valence-electron chi connectivity index (χ0n) is 15.4. The summed E-state index contributed by atoms with van der Waals surface area (Å²) in [5.41, 5.74) is 0.473. The van der Waals surface area contributed by atoms with E-state index in [1.165, 1.54) is 25.1 Å². The largest absolute Gasteiger partial charge is 0.354 e. The summed E-state index contributed by atoms with van der Waals surface area (Å²) in [5.74, 6) is 0.105. The molecule has 0 spiro atoms. The Morgan fingerprint density at radius 3 is 2.15 bits per heavy atom. The second-order valence-corrected chi connectivity index (χ2v) is 7.69. The van der Waals surface area contributed by atoms with Crippen LogP contribution in [0.1, 0.15) is 69.8 Å². The summed E-state index contributed by atoms with van der Waals surface area (Å²) in [6.07, 6.45) is 11.7. The van der Waals surface area contributed by atoms with Gasteiger partial charge in [-0.3, -0.25) is 0 Å². The van der Waals surface area contributed by atoms with Gasteiger partial charge in [-0.2, -0.15) is 4.39 Å². The summed E-state index contributed by atoms with van der Waals surface area (Å²) in [7, 11) is 0. The molecule has 3 nitrogen and oxygen atoms in total. The summed E-state index contributed by atoms with van der Waals surface area (Å²) in [5, 5.41) is 10.9. The molecule has 2 aliphatic carbocycles. The highest BCUT2D eigenvalue weighted by Gasteiger charge is 2.32. The summed E-state index contributed by atoms with van der Waals surface area (Å²) >= 11 is 0. The monoisotopic (exact) mass is 362 g/mol. The fourth-order valence-electron chi connectivity index (χ4n) is 4.73. The first kappa shape index (κ1) is 19.0. The number of nitrogens with zero attached hydrogens (tertiary/aromatic N) is 1. The van der Waals surface area contributed by atoms with Crippen LogP contribution in [0.2, 0.25) is 0 Å². The molecule has 5 heteroatoms. The lowest BCUT2D eigenvalue weighted by Crippen LogP contribution is -2.26. The fourth-order valence-corrected chi connectivity index (χ4v) is 4.73.